The lowest BCUT2D eigenvalue weighted by molar-refractivity contribution is 0.0549. The summed E-state index contributed by atoms with van der Waals surface area (Å²) in [4.78, 5) is 39.3. The maximum Gasteiger partial charge on any atom is 0.488 e. The average molecular weight is 464 g/mol. The third-order valence-electron chi connectivity index (χ3n) is 3.08. The molecule has 0 aliphatic carbocycles. The molecule has 0 spiro atoms. The van der Waals surface area contributed by atoms with Gasteiger partial charge in [0.1, 0.15) is 24.9 Å². The number of halogens is 1. The molecular weight excluding hydrogens is 448 g/mol. The molecule has 2 rings (SSSR count). The number of anilines is 1. The van der Waals surface area contributed by atoms with Gasteiger partial charge in [0, 0.05) is 12.1 Å². The number of hydrogen-bond donors (Lipinski definition) is 5. The monoisotopic (exact) mass is 464 g/mol. The molecule has 158 valence electrons. The number of alkyl halides is 1. The van der Waals surface area contributed by atoms with Crippen LogP contribution in [0.5, 0.6) is 0 Å². The molecule has 0 bridgehead atoms. The zero-order valence-corrected chi connectivity index (χ0v) is 16.5. The number of hydrogen-bond acceptors (Lipinski definition) is 9. The summed E-state index contributed by atoms with van der Waals surface area (Å²) in [6, 6.07) is 3.12. The molecule has 0 saturated carbocycles. The number of ether oxygens (including phenoxy) is 1. The molecule has 3 unspecified atom stereocenters. The van der Waals surface area contributed by atoms with Gasteiger partial charge in [-0.1, -0.05) is 0 Å². The first-order valence-corrected chi connectivity index (χ1v) is 12.0. The van der Waals surface area contributed by atoms with Gasteiger partial charge in [-0.25, -0.2) is 27.3 Å². The minimum Gasteiger partial charge on any atom is -0.382 e. The molecule has 14 nitrogen and oxygen atoms in total. The van der Waals surface area contributed by atoms with Gasteiger partial charge in [0.2, 0.25) is 0 Å². The molecular formula is C10H16FN4O10P3. The number of aromatic nitrogens is 3. The van der Waals surface area contributed by atoms with Crippen LogP contribution < -0.4 is 5.73 Å². The lowest BCUT2D eigenvalue weighted by atomic mass is 10.2. The Hall–Kier alpha value is -1.24. The van der Waals surface area contributed by atoms with E-state index in [4.69, 9.17) is 25.2 Å². The number of fused-ring (bicyclic) bond motifs is 1. The van der Waals surface area contributed by atoms with Crippen LogP contribution in [0.25, 0.3) is 5.52 Å². The van der Waals surface area contributed by atoms with Crippen LogP contribution in [0.2, 0.25) is 0 Å². The normalized spacial score (nSPS) is 17.9. The summed E-state index contributed by atoms with van der Waals surface area (Å²) in [5.74, 6) is 0.177. The van der Waals surface area contributed by atoms with E-state index in [1.165, 1.54) is 10.8 Å². The summed E-state index contributed by atoms with van der Waals surface area (Å²) in [6.07, 6.45) is -1.49. The van der Waals surface area contributed by atoms with Gasteiger partial charge in [0.25, 0.3) is 0 Å². The molecule has 0 aromatic carbocycles. The van der Waals surface area contributed by atoms with E-state index < -0.39 is 42.4 Å². The van der Waals surface area contributed by atoms with Crippen molar-refractivity contribution < 1.29 is 51.0 Å². The van der Waals surface area contributed by atoms with Crippen molar-refractivity contribution in [3.63, 3.8) is 0 Å². The number of phosphoric acid groups is 2. The molecule has 0 amide bonds. The van der Waals surface area contributed by atoms with Crippen molar-refractivity contribution in [1.29, 1.82) is 0 Å². The minimum atomic E-state index is -5.58. The Morgan fingerprint density at radius 2 is 1.86 bits per heavy atom. The van der Waals surface area contributed by atoms with Crippen LogP contribution in [0.1, 0.15) is 5.69 Å². The van der Waals surface area contributed by atoms with E-state index >= 15 is 0 Å². The van der Waals surface area contributed by atoms with E-state index in [1.807, 2.05) is 0 Å². The first-order valence-electron chi connectivity index (χ1n) is 7.19. The van der Waals surface area contributed by atoms with Crippen LogP contribution in [0, 0.1) is 0 Å². The lowest BCUT2D eigenvalue weighted by Crippen LogP contribution is -2.21. The van der Waals surface area contributed by atoms with Gasteiger partial charge in [-0.15, -0.1) is 0 Å². The Bertz CT molecular complexity index is 980. The topological polar surface area (TPSA) is 216 Å². The maximum absolute atomic E-state index is 13.2. The van der Waals surface area contributed by atoms with E-state index in [9.17, 15) is 23.0 Å². The maximum atomic E-state index is 13.2. The molecule has 3 atom stereocenters. The molecule has 28 heavy (non-hydrogen) atoms. The number of nitrogens with two attached hydrogens (primary N) is 1. The second-order valence-corrected chi connectivity index (χ2v) is 10.1. The first-order chi connectivity index (χ1) is 12.8. The highest BCUT2D eigenvalue weighted by atomic mass is 31.3. The van der Waals surface area contributed by atoms with E-state index in [2.05, 4.69) is 18.7 Å². The Labute approximate surface area is 156 Å². The Morgan fingerprint density at radius 1 is 1.18 bits per heavy atom. The van der Waals surface area contributed by atoms with Gasteiger partial charge in [0.15, 0.2) is 5.82 Å². The van der Waals surface area contributed by atoms with Crippen LogP contribution in [-0.2, 0) is 33.5 Å². The second kappa shape index (κ2) is 8.64. The zero-order chi connectivity index (χ0) is 21.2. The highest BCUT2D eigenvalue weighted by Gasteiger charge is 2.40. The van der Waals surface area contributed by atoms with Crippen LogP contribution in [0.4, 0.5) is 10.2 Å². The van der Waals surface area contributed by atoms with Crippen molar-refractivity contribution in [3.05, 3.63) is 24.2 Å². The summed E-state index contributed by atoms with van der Waals surface area (Å²) in [5, 5.41) is 3.94. The fraction of sp³-hybridized carbons (Fsp3) is 0.400. The molecule has 2 aromatic heterocycles. The van der Waals surface area contributed by atoms with Crippen LogP contribution >= 0.6 is 23.2 Å². The molecule has 0 aliphatic rings. The van der Waals surface area contributed by atoms with Crippen molar-refractivity contribution in [2.75, 3.05) is 18.8 Å². The third kappa shape index (κ3) is 6.68. The number of rotatable bonds is 10. The van der Waals surface area contributed by atoms with Gasteiger partial charge < -0.3 is 30.0 Å². The first kappa shape index (κ1) is 23.0. The molecule has 18 heteroatoms. The van der Waals surface area contributed by atoms with Gasteiger partial charge in [-0.3, -0.25) is 4.57 Å². The predicted octanol–water partition coefficient (Wildman–Crippen LogP) is 0.578. The Kier molecular flexibility index (Phi) is 7.11. The fourth-order valence-electron chi connectivity index (χ4n) is 2.09. The molecule has 0 fully saturated rings. The van der Waals surface area contributed by atoms with Crippen molar-refractivity contribution in [2.45, 2.75) is 12.5 Å². The van der Waals surface area contributed by atoms with Gasteiger partial charge >= 0.3 is 23.2 Å². The molecule has 2 aromatic rings. The zero-order valence-electron chi connectivity index (χ0n) is 13.8. The summed E-state index contributed by atoms with van der Waals surface area (Å²) in [5.41, 5.74) is 6.54. The molecule has 0 radical (unpaired) electrons. The quantitative estimate of drug-likeness (QED) is 0.304. The summed E-state index contributed by atoms with van der Waals surface area (Å²) < 4.78 is 60.4. The van der Waals surface area contributed by atoms with Crippen LogP contribution in [-0.4, -0.2) is 53.3 Å². The highest BCUT2D eigenvalue weighted by Crippen LogP contribution is 2.65. The lowest BCUT2D eigenvalue weighted by Gasteiger charge is -2.19. The average Bonchev–Trinajstić information content (AvgIpc) is 2.92. The van der Waals surface area contributed by atoms with E-state index in [1.54, 1.807) is 12.1 Å². The molecule has 0 saturated heterocycles. The van der Waals surface area contributed by atoms with Crippen LogP contribution in [0.15, 0.2) is 18.5 Å². The largest absolute Gasteiger partial charge is 0.488 e. The van der Waals surface area contributed by atoms with Crippen molar-refractivity contribution >= 4 is 34.6 Å². The Morgan fingerprint density at radius 3 is 2.46 bits per heavy atom. The summed E-state index contributed by atoms with van der Waals surface area (Å²) in [7, 11) is -16.1. The van der Waals surface area contributed by atoms with Gasteiger partial charge in [-0.05, 0) is 12.1 Å². The molecule has 2 heterocycles. The van der Waals surface area contributed by atoms with Crippen molar-refractivity contribution in [1.82, 2.24) is 14.6 Å². The SMILES string of the molecule is Nc1ncnn2c(CC(CF)OCP(=O)(O)OP(=O)(O)OP(=O)(O)O)ccc12. The summed E-state index contributed by atoms with van der Waals surface area (Å²) >= 11 is 0. The summed E-state index contributed by atoms with van der Waals surface area (Å²) in [6.45, 7) is -1.11. The van der Waals surface area contributed by atoms with E-state index in [-0.39, 0.29) is 12.2 Å². The standard InChI is InChI=1S/C10H16FN4O10P3/c11-4-8(3-7-1-2-9-10(12)13-5-14-15(7)9)23-6-26(16,17)24-28(21,22)25-27(18,19)20/h1-2,5,8H,3-4,6H2,(H,16,17)(H,21,22)(H2,12,13,14)(H2,18,19,20). The highest BCUT2D eigenvalue weighted by molar-refractivity contribution is 7.68. The van der Waals surface area contributed by atoms with Crippen LogP contribution in [0.3, 0.4) is 0 Å². The second-order valence-electron chi connectivity index (χ2n) is 5.30. The van der Waals surface area contributed by atoms with Crippen molar-refractivity contribution in [2.24, 2.45) is 0 Å². The fourth-order valence-corrected chi connectivity index (χ4v) is 5.43. The minimum absolute atomic E-state index is 0.128. The molecule has 6 N–H and O–H groups in total. The van der Waals surface area contributed by atoms with Gasteiger partial charge in [0.05, 0.1) is 6.10 Å². The number of nitrogen functional groups attached to an aromatic ring is 1. The smallest absolute Gasteiger partial charge is 0.382 e. The predicted molar refractivity (Wildman–Crippen MR) is 90.7 cm³/mol. The van der Waals surface area contributed by atoms with Crippen molar-refractivity contribution in [3.8, 4) is 0 Å². The molecule has 0 aliphatic heterocycles. The van der Waals surface area contributed by atoms with E-state index in [0.29, 0.717) is 11.2 Å². The third-order valence-corrected chi connectivity index (χ3v) is 7.08. The Balaban J connectivity index is 2.02. The number of nitrogens with zero attached hydrogens (tertiary/aromatic N) is 3. The van der Waals surface area contributed by atoms with E-state index in [0.717, 1.165) is 0 Å². The van der Waals surface area contributed by atoms with Gasteiger partial charge in [-0.2, -0.15) is 9.41 Å².